The van der Waals surface area contributed by atoms with E-state index in [1.807, 2.05) is 36.4 Å². The molecule has 0 aliphatic carbocycles. The maximum Gasteiger partial charge on any atom is 0.323 e. The van der Waals surface area contributed by atoms with Crippen LogP contribution in [0, 0.1) is 0 Å². The monoisotopic (exact) mass is 316 g/mol. The number of carbonyl (C=O) groups excluding carboxylic acids is 1. The second-order valence-electron chi connectivity index (χ2n) is 5.53. The van der Waals surface area contributed by atoms with Gasteiger partial charge in [-0.1, -0.05) is 78.9 Å². The van der Waals surface area contributed by atoms with E-state index in [0.29, 0.717) is 22.3 Å². The molecule has 3 aromatic carbocycles. The Balaban J connectivity index is 2.39. The third-order valence-corrected chi connectivity index (χ3v) is 4.19. The van der Waals surface area contributed by atoms with Crippen molar-refractivity contribution in [2.45, 2.75) is 5.41 Å². The predicted molar refractivity (Wildman–Crippen MR) is 92.2 cm³/mol. The number of hydrogen-bond acceptors (Lipinski definition) is 2. The number of carbonyl (C=O) groups is 2. The van der Waals surface area contributed by atoms with Crippen molar-refractivity contribution < 1.29 is 14.7 Å². The highest BCUT2D eigenvalue weighted by atomic mass is 16.4. The molecule has 0 saturated heterocycles. The van der Waals surface area contributed by atoms with Gasteiger partial charge in [0.2, 0.25) is 0 Å². The van der Waals surface area contributed by atoms with Crippen LogP contribution >= 0.6 is 0 Å². The zero-order valence-corrected chi connectivity index (χ0v) is 12.9. The molecule has 3 aromatic rings. The van der Waals surface area contributed by atoms with Gasteiger partial charge < -0.3 is 5.11 Å². The third kappa shape index (κ3) is 2.50. The third-order valence-electron chi connectivity index (χ3n) is 4.19. The second kappa shape index (κ2) is 6.50. The van der Waals surface area contributed by atoms with E-state index in [1.54, 1.807) is 48.5 Å². The highest BCUT2D eigenvalue weighted by Crippen LogP contribution is 2.39. The molecule has 24 heavy (non-hydrogen) atoms. The highest BCUT2D eigenvalue weighted by molar-refractivity contribution is 5.91. The molecule has 0 bridgehead atoms. The minimum Gasteiger partial charge on any atom is -0.480 e. The molecule has 0 unspecified atom stereocenters. The molecule has 0 saturated carbocycles. The van der Waals surface area contributed by atoms with E-state index >= 15 is 0 Å². The van der Waals surface area contributed by atoms with E-state index < -0.39 is 11.4 Å². The normalized spacial score (nSPS) is 11.0. The van der Waals surface area contributed by atoms with Crippen molar-refractivity contribution in [1.29, 1.82) is 0 Å². The van der Waals surface area contributed by atoms with Crippen LogP contribution in [0.15, 0.2) is 84.9 Å². The molecule has 0 radical (unpaired) electrons. The standard InChI is InChI=1S/C21H16O3/c22-15-16-8-7-13-19(14-16)21(20(23)24,17-9-3-1-4-10-17)18-11-5-2-6-12-18/h1-15H,(H,23,24). The van der Waals surface area contributed by atoms with Crippen molar-refractivity contribution in [3.05, 3.63) is 107 Å². The molecule has 3 rings (SSSR count). The van der Waals surface area contributed by atoms with Crippen molar-refractivity contribution in [2.75, 3.05) is 0 Å². The molecule has 0 aliphatic rings. The van der Waals surface area contributed by atoms with E-state index in [9.17, 15) is 14.7 Å². The highest BCUT2D eigenvalue weighted by Gasteiger charge is 2.44. The molecule has 3 heteroatoms. The van der Waals surface area contributed by atoms with Gasteiger partial charge >= 0.3 is 5.97 Å². The van der Waals surface area contributed by atoms with Crippen LogP contribution in [0.1, 0.15) is 27.0 Å². The summed E-state index contributed by atoms with van der Waals surface area (Å²) in [7, 11) is 0. The zero-order valence-electron chi connectivity index (χ0n) is 12.9. The van der Waals surface area contributed by atoms with Gasteiger partial charge in [0, 0.05) is 5.56 Å². The molecule has 3 nitrogen and oxygen atoms in total. The Morgan fingerprint density at radius 3 is 1.71 bits per heavy atom. The van der Waals surface area contributed by atoms with E-state index in [-0.39, 0.29) is 0 Å². The summed E-state index contributed by atoms with van der Waals surface area (Å²) in [5.74, 6) is -0.983. The number of aldehydes is 1. The van der Waals surface area contributed by atoms with Crippen molar-refractivity contribution in [2.24, 2.45) is 0 Å². The number of benzene rings is 3. The Morgan fingerprint density at radius 1 is 0.750 bits per heavy atom. The SMILES string of the molecule is O=Cc1cccc(C(C(=O)O)(c2ccccc2)c2ccccc2)c1. The predicted octanol–water partition coefficient (Wildman–Crippen LogP) is 3.92. The van der Waals surface area contributed by atoms with Crippen molar-refractivity contribution >= 4 is 12.3 Å². The molecule has 1 N–H and O–H groups in total. The molecule has 0 fully saturated rings. The minimum atomic E-state index is -1.37. The van der Waals surface area contributed by atoms with Crippen LogP contribution in [0.2, 0.25) is 0 Å². The van der Waals surface area contributed by atoms with Crippen LogP contribution in [-0.2, 0) is 10.2 Å². The summed E-state index contributed by atoms with van der Waals surface area (Å²) in [4.78, 5) is 23.7. The van der Waals surface area contributed by atoms with Crippen molar-refractivity contribution in [1.82, 2.24) is 0 Å². The average Bonchev–Trinajstić information content (AvgIpc) is 2.64. The van der Waals surface area contributed by atoms with Crippen LogP contribution in [0.3, 0.4) is 0 Å². The summed E-state index contributed by atoms with van der Waals surface area (Å²) in [5.41, 5.74) is 0.919. The molecule has 0 spiro atoms. The molecule has 0 aliphatic heterocycles. The topological polar surface area (TPSA) is 54.4 Å². The second-order valence-corrected chi connectivity index (χ2v) is 5.53. The molecule has 0 aromatic heterocycles. The number of carboxylic acids is 1. The maximum atomic E-state index is 12.5. The number of carboxylic acid groups (broad SMARTS) is 1. The lowest BCUT2D eigenvalue weighted by Crippen LogP contribution is -2.38. The summed E-state index contributed by atoms with van der Waals surface area (Å²) in [6, 6.07) is 24.9. The van der Waals surface area contributed by atoms with Crippen LogP contribution in [0.25, 0.3) is 0 Å². The largest absolute Gasteiger partial charge is 0.480 e. The fraction of sp³-hybridized carbons (Fsp3) is 0.0476. The molecule has 118 valence electrons. The lowest BCUT2D eigenvalue weighted by Gasteiger charge is -2.31. The van der Waals surface area contributed by atoms with Gasteiger partial charge in [-0.05, 0) is 22.8 Å². The lowest BCUT2D eigenvalue weighted by atomic mass is 9.69. The first-order valence-corrected chi connectivity index (χ1v) is 7.59. The number of rotatable bonds is 5. The summed E-state index contributed by atoms with van der Waals surface area (Å²) < 4.78 is 0. The van der Waals surface area contributed by atoms with E-state index in [2.05, 4.69) is 0 Å². The first kappa shape index (κ1) is 15.7. The van der Waals surface area contributed by atoms with Gasteiger partial charge in [-0.25, -0.2) is 0 Å². The molecule has 0 atom stereocenters. The Bertz CT molecular complexity index is 815. The summed E-state index contributed by atoms with van der Waals surface area (Å²) in [5, 5.41) is 10.3. The Labute approximate surface area is 140 Å². The Morgan fingerprint density at radius 2 is 1.25 bits per heavy atom. The zero-order chi connectivity index (χ0) is 17.0. The fourth-order valence-corrected chi connectivity index (χ4v) is 3.09. The minimum absolute atomic E-state index is 0.449. The fourth-order valence-electron chi connectivity index (χ4n) is 3.09. The van der Waals surface area contributed by atoms with Gasteiger partial charge in [-0.2, -0.15) is 0 Å². The van der Waals surface area contributed by atoms with Gasteiger partial charge in [0.25, 0.3) is 0 Å². The number of hydrogen-bond donors (Lipinski definition) is 1. The van der Waals surface area contributed by atoms with Crippen LogP contribution in [0.5, 0.6) is 0 Å². The van der Waals surface area contributed by atoms with Crippen LogP contribution < -0.4 is 0 Å². The summed E-state index contributed by atoms with van der Waals surface area (Å²) in [6.45, 7) is 0. The van der Waals surface area contributed by atoms with Crippen LogP contribution in [-0.4, -0.2) is 17.4 Å². The van der Waals surface area contributed by atoms with Gasteiger partial charge in [-0.3, -0.25) is 9.59 Å². The van der Waals surface area contributed by atoms with E-state index in [0.717, 1.165) is 6.29 Å². The summed E-state index contributed by atoms with van der Waals surface area (Å²) in [6.07, 6.45) is 0.728. The molecular formula is C21H16O3. The van der Waals surface area contributed by atoms with Gasteiger partial charge in [-0.15, -0.1) is 0 Å². The molecular weight excluding hydrogens is 300 g/mol. The Kier molecular flexibility index (Phi) is 4.25. The van der Waals surface area contributed by atoms with E-state index in [1.165, 1.54) is 0 Å². The van der Waals surface area contributed by atoms with Crippen molar-refractivity contribution in [3.63, 3.8) is 0 Å². The average molecular weight is 316 g/mol. The van der Waals surface area contributed by atoms with E-state index in [4.69, 9.17) is 0 Å². The molecule has 0 heterocycles. The maximum absolute atomic E-state index is 12.5. The first-order valence-electron chi connectivity index (χ1n) is 7.59. The van der Waals surface area contributed by atoms with Gasteiger partial charge in [0.05, 0.1) is 0 Å². The van der Waals surface area contributed by atoms with Crippen molar-refractivity contribution in [3.8, 4) is 0 Å². The first-order chi connectivity index (χ1) is 11.7. The number of aliphatic carboxylic acids is 1. The Hall–Kier alpha value is -3.20. The van der Waals surface area contributed by atoms with Gasteiger partial charge in [0.15, 0.2) is 0 Å². The molecule has 0 amide bonds. The smallest absolute Gasteiger partial charge is 0.323 e. The van der Waals surface area contributed by atoms with Gasteiger partial charge in [0.1, 0.15) is 11.7 Å². The quantitative estimate of drug-likeness (QED) is 0.573. The summed E-state index contributed by atoms with van der Waals surface area (Å²) >= 11 is 0. The lowest BCUT2D eigenvalue weighted by molar-refractivity contribution is -0.140. The van der Waals surface area contributed by atoms with Crippen LogP contribution in [0.4, 0.5) is 0 Å².